The van der Waals surface area contributed by atoms with Gasteiger partial charge in [-0.1, -0.05) is 6.42 Å². The lowest BCUT2D eigenvalue weighted by Gasteiger charge is -2.34. The lowest BCUT2D eigenvalue weighted by molar-refractivity contribution is -0.122. The van der Waals surface area contributed by atoms with E-state index in [4.69, 9.17) is 9.15 Å². The van der Waals surface area contributed by atoms with Crippen molar-refractivity contribution in [2.75, 3.05) is 19.0 Å². The van der Waals surface area contributed by atoms with Gasteiger partial charge in [-0.2, -0.15) is 0 Å². The fraction of sp³-hybridized carbons (Fsp3) is 0.400. The maximum absolute atomic E-state index is 12.9. The molecule has 9 heteroatoms. The lowest BCUT2D eigenvalue weighted by atomic mass is 10.0. The van der Waals surface area contributed by atoms with Crippen LogP contribution in [0.1, 0.15) is 30.8 Å². The number of likely N-dealkylation sites (tertiary alicyclic amines) is 1. The Labute approximate surface area is 168 Å². The molecule has 3 aromatic rings. The molecular weight excluding hydrogens is 372 g/mol. The Hall–Kier alpha value is -3.04. The number of anilines is 1. The second-order valence-electron chi connectivity index (χ2n) is 7.07. The average Bonchev–Trinajstić information content (AvgIpc) is 3.42. The van der Waals surface area contributed by atoms with Crippen LogP contribution in [0.3, 0.4) is 0 Å². The summed E-state index contributed by atoms with van der Waals surface area (Å²) in [7, 11) is 1.64. The summed E-state index contributed by atoms with van der Waals surface area (Å²) < 4.78 is 12.5. The van der Waals surface area contributed by atoms with Crippen LogP contribution >= 0.6 is 0 Å². The van der Waals surface area contributed by atoms with Gasteiger partial charge in [0.1, 0.15) is 24.5 Å². The molecule has 152 valence electrons. The zero-order valence-corrected chi connectivity index (χ0v) is 16.3. The van der Waals surface area contributed by atoms with E-state index in [-0.39, 0.29) is 11.9 Å². The van der Waals surface area contributed by atoms with Crippen LogP contribution in [0.25, 0.3) is 5.69 Å². The molecule has 9 nitrogen and oxygen atoms in total. The molecule has 29 heavy (non-hydrogen) atoms. The fourth-order valence-electron chi connectivity index (χ4n) is 3.61. The van der Waals surface area contributed by atoms with Gasteiger partial charge in [0.2, 0.25) is 5.91 Å². The summed E-state index contributed by atoms with van der Waals surface area (Å²) in [5.74, 6) is 1.65. The predicted molar refractivity (Wildman–Crippen MR) is 105 cm³/mol. The second kappa shape index (κ2) is 8.97. The molecular formula is C20H24N6O3. The van der Waals surface area contributed by atoms with E-state index in [2.05, 4.69) is 25.7 Å². The van der Waals surface area contributed by atoms with Crippen LogP contribution in [-0.2, 0) is 22.7 Å². The van der Waals surface area contributed by atoms with Gasteiger partial charge in [0, 0.05) is 12.8 Å². The normalized spacial score (nSPS) is 17.3. The quantitative estimate of drug-likeness (QED) is 0.655. The van der Waals surface area contributed by atoms with Crippen LogP contribution in [0, 0.1) is 0 Å². The molecule has 1 atom stereocenters. The van der Waals surface area contributed by atoms with E-state index in [0.29, 0.717) is 13.2 Å². The minimum atomic E-state index is -0.182. The van der Waals surface area contributed by atoms with Crippen molar-refractivity contribution in [1.29, 1.82) is 0 Å². The standard InChI is InChI=1S/C20H24N6O3/c1-28-13-18-10-9-17(29-18)12-25-11-3-2-4-19(25)20(27)22-15-5-7-16(8-6-15)26-14-21-23-24-26/h5-10,14,19H,2-4,11-13H2,1H3,(H,22,27)/t19-/m0/s1. The molecule has 0 unspecified atom stereocenters. The van der Waals surface area contributed by atoms with Gasteiger partial charge in [-0.05, 0) is 66.2 Å². The van der Waals surface area contributed by atoms with Gasteiger partial charge >= 0.3 is 0 Å². The molecule has 0 aliphatic carbocycles. The summed E-state index contributed by atoms with van der Waals surface area (Å²) in [6, 6.07) is 11.1. The van der Waals surface area contributed by atoms with Crippen molar-refractivity contribution in [2.24, 2.45) is 0 Å². The van der Waals surface area contributed by atoms with E-state index in [1.165, 1.54) is 6.33 Å². The number of hydrogen-bond acceptors (Lipinski definition) is 7. The smallest absolute Gasteiger partial charge is 0.241 e. The molecule has 2 aromatic heterocycles. The van der Waals surface area contributed by atoms with E-state index < -0.39 is 0 Å². The largest absolute Gasteiger partial charge is 0.462 e. The van der Waals surface area contributed by atoms with Crippen molar-refractivity contribution in [3.63, 3.8) is 0 Å². The summed E-state index contributed by atoms with van der Waals surface area (Å²) >= 11 is 0. The summed E-state index contributed by atoms with van der Waals surface area (Å²) in [6.45, 7) is 1.93. The Balaban J connectivity index is 1.40. The molecule has 0 spiro atoms. The average molecular weight is 396 g/mol. The molecule has 1 amide bonds. The van der Waals surface area contributed by atoms with E-state index >= 15 is 0 Å². The minimum Gasteiger partial charge on any atom is -0.462 e. The van der Waals surface area contributed by atoms with Crippen LogP contribution < -0.4 is 5.32 Å². The number of tetrazole rings is 1. The zero-order valence-electron chi connectivity index (χ0n) is 16.3. The number of nitrogens with zero attached hydrogens (tertiary/aromatic N) is 5. The zero-order chi connectivity index (χ0) is 20.1. The molecule has 4 rings (SSSR count). The molecule has 0 bridgehead atoms. The van der Waals surface area contributed by atoms with Crippen LogP contribution in [0.2, 0.25) is 0 Å². The maximum atomic E-state index is 12.9. The number of hydrogen-bond donors (Lipinski definition) is 1. The van der Waals surface area contributed by atoms with Crippen molar-refractivity contribution >= 4 is 11.6 Å². The van der Waals surface area contributed by atoms with Crippen molar-refractivity contribution in [1.82, 2.24) is 25.1 Å². The number of furan rings is 1. The van der Waals surface area contributed by atoms with Crippen LogP contribution in [-0.4, -0.2) is 50.7 Å². The Kier molecular flexibility index (Phi) is 5.97. The summed E-state index contributed by atoms with van der Waals surface area (Å²) in [5, 5.41) is 14.1. The number of carbonyl (C=O) groups is 1. The van der Waals surface area contributed by atoms with Crippen LogP contribution in [0.15, 0.2) is 47.1 Å². The highest BCUT2D eigenvalue weighted by Gasteiger charge is 2.29. The first-order valence-electron chi connectivity index (χ1n) is 9.68. The summed E-state index contributed by atoms with van der Waals surface area (Å²) in [5.41, 5.74) is 1.58. The van der Waals surface area contributed by atoms with E-state index in [1.54, 1.807) is 11.8 Å². The molecule has 1 aromatic carbocycles. The summed E-state index contributed by atoms with van der Waals surface area (Å²) in [6.07, 6.45) is 4.48. The topological polar surface area (TPSA) is 98.3 Å². The van der Waals surface area contributed by atoms with Crippen molar-refractivity contribution in [3.05, 3.63) is 54.2 Å². The van der Waals surface area contributed by atoms with Gasteiger partial charge in [-0.3, -0.25) is 9.69 Å². The molecule has 0 saturated carbocycles. The van der Waals surface area contributed by atoms with Gasteiger partial charge in [-0.15, -0.1) is 5.10 Å². The van der Waals surface area contributed by atoms with Crippen LogP contribution in [0.4, 0.5) is 5.69 Å². The van der Waals surface area contributed by atoms with Gasteiger partial charge in [-0.25, -0.2) is 4.68 Å². The van der Waals surface area contributed by atoms with Crippen molar-refractivity contribution < 1.29 is 13.9 Å². The Morgan fingerprint density at radius 3 is 2.79 bits per heavy atom. The summed E-state index contributed by atoms with van der Waals surface area (Å²) in [4.78, 5) is 15.1. The number of amides is 1. The third kappa shape index (κ3) is 4.69. The highest BCUT2D eigenvalue weighted by atomic mass is 16.5. The molecule has 3 heterocycles. The number of benzene rings is 1. The molecule has 1 aliphatic rings. The highest BCUT2D eigenvalue weighted by Crippen LogP contribution is 2.22. The number of ether oxygens (including phenoxy) is 1. The monoisotopic (exact) mass is 396 g/mol. The Bertz CT molecular complexity index is 922. The molecule has 1 saturated heterocycles. The Morgan fingerprint density at radius 2 is 2.03 bits per heavy atom. The van der Waals surface area contributed by atoms with E-state index in [0.717, 1.165) is 48.7 Å². The van der Waals surface area contributed by atoms with Gasteiger partial charge in [0.15, 0.2) is 0 Å². The van der Waals surface area contributed by atoms with E-state index in [1.807, 2.05) is 36.4 Å². The minimum absolute atomic E-state index is 0.00328. The Morgan fingerprint density at radius 1 is 1.21 bits per heavy atom. The molecule has 1 fully saturated rings. The number of piperidine rings is 1. The molecule has 1 N–H and O–H groups in total. The van der Waals surface area contributed by atoms with Crippen molar-refractivity contribution in [2.45, 2.75) is 38.5 Å². The lowest BCUT2D eigenvalue weighted by Crippen LogP contribution is -2.46. The van der Waals surface area contributed by atoms with Gasteiger partial charge in [0.05, 0.1) is 18.3 Å². The third-order valence-electron chi connectivity index (χ3n) is 5.03. The first-order valence-corrected chi connectivity index (χ1v) is 9.68. The third-order valence-corrected chi connectivity index (χ3v) is 5.03. The highest BCUT2D eigenvalue weighted by molar-refractivity contribution is 5.94. The number of carbonyl (C=O) groups excluding carboxylic acids is 1. The number of aromatic nitrogens is 4. The van der Waals surface area contributed by atoms with Crippen LogP contribution in [0.5, 0.6) is 0 Å². The number of rotatable bonds is 7. The number of methoxy groups -OCH3 is 1. The van der Waals surface area contributed by atoms with E-state index in [9.17, 15) is 4.79 Å². The second-order valence-corrected chi connectivity index (χ2v) is 7.07. The van der Waals surface area contributed by atoms with Crippen molar-refractivity contribution in [3.8, 4) is 5.69 Å². The molecule has 0 radical (unpaired) electrons. The number of nitrogens with one attached hydrogen (secondary N) is 1. The van der Waals surface area contributed by atoms with Gasteiger partial charge in [0.25, 0.3) is 0 Å². The SMILES string of the molecule is COCc1ccc(CN2CCCC[C@H]2C(=O)Nc2ccc(-n3cnnn3)cc2)o1. The van der Waals surface area contributed by atoms with Gasteiger partial charge < -0.3 is 14.5 Å². The fourth-order valence-corrected chi connectivity index (χ4v) is 3.61. The maximum Gasteiger partial charge on any atom is 0.241 e. The first-order chi connectivity index (χ1) is 14.2. The predicted octanol–water partition coefficient (Wildman–Crippen LogP) is 2.39. The first kappa shape index (κ1) is 19.3. The molecule has 1 aliphatic heterocycles.